The fourth-order valence-corrected chi connectivity index (χ4v) is 2.82. The Morgan fingerprint density at radius 3 is 2.83 bits per heavy atom. The van der Waals surface area contributed by atoms with Gasteiger partial charge in [-0.2, -0.15) is 0 Å². The van der Waals surface area contributed by atoms with Crippen molar-refractivity contribution in [3.63, 3.8) is 0 Å². The lowest BCUT2D eigenvalue weighted by Gasteiger charge is -2.13. The van der Waals surface area contributed by atoms with Gasteiger partial charge in [0.15, 0.2) is 5.13 Å². The van der Waals surface area contributed by atoms with E-state index in [2.05, 4.69) is 9.97 Å². The highest BCUT2D eigenvalue weighted by Gasteiger charge is 2.16. The summed E-state index contributed by atoms with van der Waals surface area (Å²) in [5.41, 5.74) is 0.886. The SMILES string of the molecule is CCOC(=O)Cc1cnc(N(C)C(=O)CCc2ccccn2)s1. The van der Waals surface area contributed by atoms with Gasteiger partial charge in [-0.3, -0.25) is 19.5 Å². The Labute approximate surface area is 139 Å². The monoisotopic (exact) mass is 333 g/mol. The Bertz CT molecular complexity index is 658. The Morgan fingerprint density at radius 2 is 2.13 bits per heavy atom. The molecule has 122 valence electrons. The molecule has 0 saturated heterocycles. The average Bonchev–Trinajstić information content (AvgIpc) is 3.01. The van der Waals surface area contributed by atoms with Crippen LogP contribution in [0, 0.1) is 0 Å². The van der Waals surface area contributed by atoms with Gasteiger partial charge in [-0.1, -0.05) is 6.07 Å². The number of aryl methyl sites for hydroxylation is 1. The van der Waals surface area contributed by atoms with Crippen molar-refractivity contribution < 1.29 is 14.3 Å². The predicted octanol–water partition coefficient (Wildman–Crippen LogP) is 2.24. The molecule has 0 fully saturated rings. The molecule has 0 aromatic carbocycles. The number of nitrogens with zero attached hydrogens (tertiary/aromatic N) is 3. The maximum Gasteiger partial charge on any atom is 0.311 e. The zero-order valence-electron chi connectivity index (χ0n) is 13.2. The van der Waals surface area contributed by atoms with Crippen molar-refractivity contribution in [1.82, 2.24) is 9.97 Å². The molecule has 0 bridgehead atoms. The zero-order valence-corrected chi connectivity index (χ0v) is 14.0. The van der Waals surface area contributed by atoms with Gasteiger partial charge in [0.05, 0.1) is 13.0 Å². The maximum atomic E-state index is 12.2. The molecule has 0 radical (unpaired) electrons. The third-order valence-corrected chi connectivity index (χ3v) is 4.22. The minimum Gasteiger partial charge on any atom is -0.466 e. The smallest absolute Gasteiger partial charge is 0.311 e. The maximum absolute atomic E-state index is 12.2. The molecule has 0 saturated carbocycles. The third-order valence-electron chi connectivity index (χ3n) is 3.15. The van der Waals surface area contributed by atoms with Gasteiger partial charge in [0.1, 0.15) is 0 Å². The molecule has 7 heteroatoms. The van der Waals surface area contributed by atoms with Crippen molar-refractivity contribution in [2.24, 2.45) is 0 Å². The Morgan fingerprint density at radius 1 is 1.30 bits per heavy atom. The molecule has 1 amide bonds. The van der Waals surface area contributed by atoms with Crippen LogP contribution in [0.15, 0.2) is 30.6 Å². The minimum absolute atomic E-state index is 0.0345. The van der Waals surface area contributed by atoms with Gasteiger partial charge in [0, 0.05) is 36.4 Å². The first-order valence-electron chi connectivity index (χ1n) is 7.37. The van der Waals surface area contributed by atoms with Crippen molar-refractivity contribution >= 4 is 28.3 Å². The zero-order chi connectivity index (χ0) is 16.7. The Kier molecular flexibility index (Phi) is 6.22. The molecule has 6 nitrogen and oxygen atoms in total. The first-order valence-corrected chi connectivity index (χ1v) is 8.18. The molecule has 23 heavy (non-hydrogen) atoms. The largest absolute Gasteiger partial charge is 0.466 e. The topological polar surface area (TPSA) is 72.4 Å². The first kappa shape index (κ1) is 17.1. The summed E-state index contributed by atoms with van der Waals surface area (Å²) in [6.45, 7) is 2.13. The highest BCUT2D eigenvalue weighted by Crippen LogP contribution is 2.23. The van der Waals surface area contributed by atoms with Crippen LogP contribution in [0.3, 0.4) is 0 Å². The average molecular weight is 333 g/mol. The summed E-state index contributed by atoms with van der Waals surface area (Å²) in [6, 6.07) is 5.64. The van der Waals surface area contributed by atoms with Crippen molar-refractivity contribution in [1.29, 1.82) is 0 Å². The molecule has 0 aliphatic heterocycles. The third kappa shape index (κ3) is 5.14. The first-order chi connectivity index (χ1) is 11.1. The summed E-state index contributed by atoms with van der Waals surface area (Å²) in [7, 11) is 1.69. The van der Waals surface area contributed by atoms with E-state index in [0.29, 0.717) is 24.6 Å². The number of rotatable bonds is 7. The second-order valence-corrected chi connectivity index (χ2v) is 5.96. The van der Waals surface area contributed by atoms with E-state index in [9.17, 15) is 9.59 Å². The summed E-state index contributed by atoms with van der Waals surface area (Å²) in [4.78, 5) is 34.4. The van der Waals surface area contributed by atoms with E-state index in [1.54, 1.807) is 26.4 Å². The van der Waals surface area contributed by atoms with Gasteiger partial charge in [-0.15, -0.1) is 11.3 Å². The van der Waals surface area contributed by atoms with Crippen LogP contribution in [-0.2, 0) is 27.2 Å². The van der Waals surface area contributed by atoms with Crippen LogP contribution in [-0.4, -0.2) is 35.5 Å². The normalized spacial score (nSPS) is 10.3. The van der Waals surface area contributed by atoms with Gasteiger partial charge in [0.25, 0.3) is 0 Å². The number of amides is 1. The molecule has 0 unspecified atom stereocenters. The molecule has 0 spiro atoms. The molecular weight excluding hydrogens is 314 g/mol. The number of thiazole rings is 1. The van der Waals surface area contributed by atoms with Crippen molar-refractivity contribution in [2.45, 2.75) is 26.2 Å². The molecule has 0 atom stereocenters. The lowest BCUT2D eigenvalue weighted by Crippen LogP contribution is -2.26. The highest BCUT2D eigenvalue weighted by atomic mass is 32.1. The van der Waals surface area contributed by atoms with E-state index in [0.717, 1.165) is 10.6 Å². The van der Waals surface area contributed by atoms with Gasteiger partial charge in [-0.05, 0) is 25.5 Å². The quantitative estimate of drug-likeness (QED) is 0.727. The van der Waals surface area contributed by atoms with E-state index < -0.39 is 0 Å². The van der Waals surface area contributed by atoms with Crippen LogP contribution in [0.2, 0.25) is 0 Å². The molecule has 2 rings (SSSR count). The number of hydrogen-bond acceptors (Lipinski definition) is 6. The number of anilines is 1. The second kappa shape index (κ2) is 8.38. The number of esters is 1. The van der Waals surface area contributed by atoms with Crippen LogP contribution in [0.1, 0.15) is 23.9 Å². The van der Waals surface area contributed by atoms with Crippen LogP contribution in [0.5, 0.6) is 0 Å². The molecule has 0 aliphatic rings. The van der Waals surface area contributed by atoms with Gasteiger partial charge >= 0.3 is 5.97 Å². The summed E-state index contributed by atoms with van der Waals surface area (Å²) in [5, 5.41) is 0.579. The van der Waals surface area contributed by atoms with Crippen LogP contribution in [0.4, 0.5) is 5.13 Å². The van der Waals surface area contributed by atoms with Crippen molar-refractivity contribution in [3.8, 4) is 0 Å². The van der Waals surface area contributed by atoms with E-state index in [-0.39, 0.29) is 18.3 Å². The van der Waals surface area contributed by atoms with Crippen molar-refractivity contribution in [3.05, 3.63) is 41.2 Å². The number of aromatic nitrogens is 2. The predicted molar refractivity (Wildman–Crippen MR) is 88.4 cm³/mol. The van der Waals surface area contributed by atoms with E-state index in [1.807, 2.05) is 18.2 Å². The van der Waals surface area contributed by atoms with E-state index in [4.69, 9.17) is 4.74 Å². The molecular formula is C16H19N3O3S. The fourth-order valence-electron chi connectivity index (χ4n) is 1.94. The summed E-state index contributed by atoms with van der Waals surface area (Å²) >= 11 is 1.32. The van der Waals surface area contributed by atoms with E-state index in [1.165, 1.54) is 16.2 Å². The number of ether oxygens (including phenoxy) is 1. The van der Waals surface area contributed by atoms with Gasteiger partial charge < -0.3 is 4.74 Å². The Balaban J connectivity index is 1.89. The summed E-state index contributed by atoms with van der Waals surface area (Å²) in [6.07, 6.45) is 4.46. The van der Waals surface area contributed by atoms with Crippen LogP contribution < -0.4 is 4.90 Å². The van der Waals surface area contributed by atoms with Crippen LogP contribution >= 0.6 is 11.3 Å². The second-order valence-electron chi connectivity index (χ2n) is 4.86. The molecule has 2 aromatic heterocycles. The summed E-state index contributed by atoms with van der Waals surface area (Å²) in [5.74, 6) is -0.320. The number of hydrogen-bond donors (Lipinski definition) is 0. The Hall–Kier alpha value is -2.28. The minimum atomic E-state index is -0.285. The fraction of sp³-hybridized carbons (Fsp3) is 0.375. The van der Waals surface area contributed by atoms with E-state index >= 15 is 0 Å². The lowest BCUT2D eigenvalue weighted by molar-refractivity contribution is -0.142. The molecule has 2 heterocycles. The van der Waals surface area contributed by atoms with Gasteiger partial charge in [0.2, 0.25) is 5.91 Å². The summed E-state index contributed by atoms with van der Waals surface area (Å²) < 4.78 is 4.90. The molecule has 0 N–H and O–H groups in total. The number of pyridine rings is 1. The van der Waals surface area contributed by atoms with Crippen LogP contribution in [0.25, 0.3) is 0 Å². The molecule has 0 aliphatic carbocycles. The standard InChI is InChI=1S/C16H19N3O3S/c1-3-22-15(21)10-13-11-18-16(23-13)19(2)14(20)8-7-12-6-4-5-9-17-12/h4-6,9,11H,3,7-8,10H2,1-2H3. The molecule has 2 aromatic rings. The number of carbonyl (C=O) groups excluding carboxylic acids is 2. The lowest BCUT2D eigenvalue weighted by atomic mass is 10.2. The van der Waals surface area contributed by atoms with Gasteiger partial charge in [-0.25, -0.2) is 4.98 Å². The van der Waals surface area contributed by atoms with Crippen molar-refractivity contribution in [2.75, 3.05) is 18.6 Å². The number of carbonyl (C=O) groups is 2. The highest BCUT2D eigenvalue weighted by molar-refractivity contribution is 7.15.